The maximum absolute atomic E-state index is 6.15. The van der Waals surface area contributed by atoms with Crippen LogP contribution in [0.2, 0.25) is 0 Å². The van der Waals surface area contributed by atoms with E-state index >= 15 is 0 Å². The van der Waals surface area contributed by atoms with Crippen molar-refractivity contribution >= 4 is 0 Å². The zero-order chi connectivity index (χ0) is 12.2. The van der Waals surface area contributed by atoms with Crippen LogP contribution in [0, 0.1) is 11.8 Å². The molecule has 3 unspecified atom stereocenters. The Morgan fingerprint density at radius 2 is 1.50 bits per heavy atom. The highest BCUT2D eigenvalue weighted by molar-refractivity contribution is 4.87. The van der Waals surface area contributed by atoms with Gasteiger partial charge in [-0.15, -0.1) is 0 Å². The Labute approximate surface area is 110 Å². The van der Waals surface area contributed by atoms with Crippen LogP contribution in [0.1, 0.15) is 44.9 Å². The second-order valence-electron chi connectivity index (χ2n) is 6.00. The molecule has 3 fully saturated rings. The molecule has 3 saturated heterocycles. The topological polar surface area (TPSA) is 27.7 Å². The first kappa shape index (κ1) is 12.9. The minimum absolute atomic E-state index is 0.436. The van der Waals surface area contributed by atoms with Crippen LogP contribution in [0.15, 0.2) is 0 Å². The van der Waals surface area contributed by atoms with Crippen molar-refractivity contribution < 1.29 is 14.2 Å². The van der Waals surface area contributed by atoms with E-state index in [1.807, 2.05) is 0 Å². The van der Waals surface area contributed by atoms with Crippen molar-refractivity contribution in [3.05, 3.63) is 0 Å². The van der Waals surface area contributed by atoms with Gasteiger partial charge < -0.3 is 14.2 Å². The van der Waals surface area contributed by atoms with Gasteiger partial charge in [-0.25, -0.2) is 0 Å². The molecule has 0 N–H and O–H groups in total. The molecule has 3 nitrogen and oxygen atoms in total. The Morgan fingerprint density at radius 3 is 2.28 bits per heavy atom. The van der Waals surface area contributed by atoms with Crippen LogP contribution in [-0.4, -0.2) is 38.6 Å². The van der Waals surface area contributed by atoms with Crippen LogP contribution in [0.3, 0.4) is 0 Å². The lowest BCUT2D eigenvalue weighted by atomic mass is 9.77. The molecule has 0 radical (unpaired) electrons. The van der Waals surface area contributed by atoms with E-state index in [-0.39, 0.29) is 0 Å². The number of ether oxygens (including phenoxy) is 3. The van der Waals surface area contributed by atoms with Crippen molar-refractivity contribution in [2.24, 2.45) is 11.8 Å². The molecular weight excluding hydrogens is 228 g/mol. The zero-order valence-electron chi connectivity index (χ0n) is 11.3. The van der Waals surface area contributed by atoms with E-state index in [4.69, 9.17) is 14.2 Å². The Kier molecular flexibility index (Phi) is 4.55. The Morgan fingerprint density at radius 1 is 0.667 bits per heavy atom. The molecule has 0 saturated carbocycles. The van der Waals surface area contributed by atoms with Crippen LogP contribution in [0.25, 0.3) is 0 Å². The van der Waals surface area contributed by atoms with Crippen LogP contribution >= 0.6 is 0 Å². The van der Waals surface area contributed by atoms with E-state index in [0.717, 1.165) is 26.4 Å². The number of hydrogen-bond acceptors (Lipinski definition) is 3. The first-order chi connectivity index (χ1) is 8.95. The van der Waals surface area contributed by atoms with Gasteiger partial charge in [-0.1, -0.05) is 0 Å². The van der Waals surface area contributed by atoms with Crippen molar-refractivity contribution in [2.45, 2.75) is 57.2 Å². The molecule has 3 heterocycles. The predicted molar refractivity (Wildman–Crippen MR) is 69.6 cm³/mol. The molecule has 0 aliphatic carbocycles. The van der Waals surface area contributed by atoms with Crippen LogP contribution in [-0.2, 0) is 14.2 Å². The number of hydrogen-bond donors (Lipinski definition) is 0. The third kappa shape index (κ3) is 2.89. The lowest BCUT2D eigenvalue weighted by Crippen LogP contribution is -2.45. The normalized spacial score (nSPS) is 39.7. The first-order valence-electron chi connectivity index (χ1n) is 7.76. The molecule has 0 aromatic carbocycles. The second-order valence-corrected chi connectivity index (χ2v) is 6.00. The summed E-state index contributed by atoms with van der Waals surface area (Å²) in [5.74, 6) is 1.34. The van der Waals surface area contributed by atoms with E-state index < -0.39 is 0 Å². The summed E-state index contributed by atoms with van der Waals surface area (Å²) >= 11 is 0. The fourth-order valence-corrected chi connectivity index (χ4v) is 3.86. The molecule has 3 aliphatic heterocycles. The lowest BCUT2D eigenvalue weighted by molar-refractivity contribution is -0.138. The standard InChI is InChI=1S/C15H26O3/c1-2-8-17-14(5-1)13-4-3-9-18-15(13)12-6-10-16-11-7-12/h12-15H,1-11H2. The van der Waals surface area contributed by atoms with Gasteiger partial charge in [0.15, 0.2) is 0 Å². The van der Waals surface area contributed by atoms with Crippen molar-refractivity contribution in [1.82, 2.24) is 0 Å². The summed E-state index contributed by atoms with van der Waals surface area (Å²) in [5.41, 5.74) is 0. The SMILES string of the molecule is C1CCC(C2CCCOC2C2CCOCC2)OC1. The third-order valence-electron chi connectivity index (χ3n) is 4.84. The molecule has 3 heteroatoms. The molecule has 18 heavy (non-hydrogen) atoms. The van der Waals surface area contributed by atoms with Gasteiger partial charge in [-0.05, 0) is 50.9 Å². The summed E-state index contributed by atoms with van der Waals surface area (Å²) in [6, 6.07) is 0. The summed E-state index contributed by atoms with van der Waals surface area (Å²) in [5, 5.41) is 0. The van der Waals surface area contributed by atoms with E-state index in [9.17, 15) is 0 Å². The second kappa shape index (κ2) is 6.36. The molecular formula is C15H26O3. The minimum atomic E-state index is 0.436. The van der Waals surface area contributed by atoms with Crippen LogP contribution < -0.4 is 0 Å². The smallest absolute Gasteiger partial charge is 0.0657 e. The maximum Gasteiger partial charge on any atom is 0.0657 e. The Balaban J connectivity index is 1.64. The largest absolute Gasteiger partial charge is 0.381 e. The first-order valence-corrected chi connectivity index (χ1v) is 7.76. The van der Waals surface area contributed by atoms with Crippen molar-refractivity contribution in [3.63, 3.8) is 0 Å². The molecule has 3 rings (SSSR count). The monoisotopic (exact) mass is 254 g/mol. The van der Waals surface area contributed by atoms with Gasteiger partial charge in [0.25, 0.3) is 0 Å². The quantitative estimate of drug-likeness (QED) is 0.758. The Bertz CT molecular complexity index is 218. The summed E-state index contributed by atoms with van der Waals surface area (Å²) < 4.78 is 17.7. The van der Waals surface area contributed by atoms with Crippen molar-refractivity contribution in [3.8, 4) is 0 Å². The molecule has 0 amide bonds. The highest BCUT2D eigenvalue weighted by atomic mass is 16.5. The molecule has 0 bridgehead atoms. The van der Waals surface area contributed by atoms with Gasteiger partial charge >= 0.3 is 0 Å². The van der Waals surface area contributed by atoms with Crippen molar-refractivity contribution in [1.29, 1.82) is 0 Å². The van der Waals surface area contributed by atoms with E-state index in [2.05, 4.69) is 0 Å². The van der Waals surface area contributed by atoms with E-state index in [0.29, 0.717) is 24.0 Å². The zero-order valence-corrected chi connectivity index (χ0v) is 11.3. The Hall–Kier alpha value is -0.120. The summed E-state index contributed by atoms with van der Waals surface area (Å²) in [4.78, 5) is 0. The maximum atomic E-state index is 6.15. The molecule has 0 aromatic heterocycles. The number of rotatable bonds is 2. The lowest BCUT2D eigenvalue weighted by Gasteiger charge is -2.43. The molecule has 0 spiro atoms. The summed E-state index contributed by atoms with van der Waals surface area (Å²) in [6.07, 6.45) is 9.58. The van der Waals surface area contributed by atoms with Gasteiger partial charge in [-0.2, -0.15) is 0 Å². The van der Waals surface area contributed by atoms with Gasteiger partial charge in [0.2, 0.25) is 0 Å². The van der Waals surface area contributed by atoms with Crippen molar-refractivity contribution in [2.75, 3.05) is 26.4 Å². The fourth-order valence-electron chi connectivity index (χ4n) is 3.86. The highest BCUT2D eigenvalue weighted by Gasteiger charge is 2.39. The van der Waals surface area contributed by atoms with Crippen LogP contribution in [0.4, 0.5) is 0 Å². The van der Waals surface area contributed by atoms with E-state index in [1.165, 1.54) is 44.9 Å². The summed E-state index contributed by atoms with van der Waals surface area (Å²) in [6.45, 7) is 3.75. The molecule has 3 atom stereocenters. The highest BCUT2D eigenvalue weighted by Crippen LogP contribution is 2.37. The van der Waals surface area contributed by atoms with E-state index in [1.54, 1.807) is 0 Å². The average molecular weight is 254 g/mol. The average Bonchev–Trinajstić information content (AvgIpc) is 2.49. The third-order valence-corrected chi connectivity index (χ3v) is 4.84. The summed E-state index contributed by atoms with van der Waals surface area (Å²) in [7, 11) is 0. The van der Waals surface area contributed by atoms with Gasteiger partial charge in [0.05, 0.1) is 12.2 Å². The van der Waals surface area contributed by atoms with Gasteiger partial charge in [-0.3, -0.25) is 0 Å². The van der Waals surface area contributed by atoms with Crippen LogP contribution in [0.5, 0.6) is 0 Å². The molecule has 0 aromatic rings. The minimum Gasteiger partial charge on any atom is -0.381 e. The van der Waals surface area contributed by atoms with Gasteiger partial charge in [0.1, 0.15) is 0 Å². The van der Waals surface area contributed by atoms with Gasteiger partial charge in [0, 0.05) is 32.3 Å². The predicted octanol–water partition coefficient (Wildman–Crippen LogP) is 2.78. The molecule has 104 valence electrons. The molecule has 3 aliphatic rings. The fraction of sp³-hybridized carbons (Fsp3) is 1.00.